The third-order valence-electron chi connectivity index (χ3n) is 1.51. The van der Waals surface area contributed by atoms with Gasteiger partial charge < -0.3 is 10.8 Å². The number of hydrogen-bond acceptors (Lipinski definition) is 4. The number of hydrogen-bond donors (Lipinski definition) is 3. The Bertz CT molecular complexity index is 443. The number of hydrazone groups is 2. The summed E-state index contributed by atoms with van der Waals surface area (Å²) >= 11 is 0. The van der Waals surface area contributed by atoms with Crippen LogP contribution in [-0.4, -0.2) is 22.3 Å². The Morgan fingerprint density at radius 1 is 1.56 bits per heavy atom. The molecule has 0 heterocycles. The van der Waals surface area contributed by atoms with Crippen LogP contribution in [0.1, 0.15) is 5.56 Å². The molecule has 0 saturated heterocycles. The number of nitrogens with one attached hydrogen (secondary N) is 1. The first-order chi connectivity index (χ1) is 7.59. The molecule has 0 saturated carbocycles. The van der Waals surface area contributed by atoms with Gasteiger partial charge in [0, 0.05) is 5.56 Å². The zero-order valence-electron chi connectivity index (χ0n) is 8.07. The van der Waals surface area contributed by atoms with Gasteiger partial charge in [0.15, 0.2) is 5.03 Å². The second-order valence-corrected chi connectivity index (χ2v) is 2.65. The van der Waals surface area contributed by atoms with E-state index in [4.69, 9.17) is 5.73 Å². The summed E-state index contributed by atoms with van der Waals surface area (Å²) in [6.07, 6.45) is 1.26. The molecule has 4 N–H and O–H groups in total. The minimum atomic E-state index is -0.947. The Morgan fingerprint density at radius 3 is 2.88 bits per heavy atom. The van der Waals surface area contributed by atoms with E-state index in [1.165, 1.54) is 12.3 Å². The third-order valence-corrected chi connectivity index (χ3v) is 1.51. The number of nitrogens with zero attached hydrogens (tertiary/aromatic N) is 3. The van der Waals surface area contributed by atoms with Crippen molar-refractivity contribution in [2.45, 2.75) is 0 Å². The summed E-state index contributed by atoms with van der Waals surface area (Å²) in [5, 5.41) is 24.6. The van der Waals surface area contributed by atoms with Crippen molar-refractivity contribution >= 4 is 12.2 Å². The van der Waals surface area contributed by atoms with Gasteiger partial charge in [0.2, 0.25) is 0 Å². The lowest BCUT2D eigenvalue weighted by molar-refractivity contribution is -0.485. The highest BCUT2D eigenvalue weighted by molar-refractivity contribution is 5.85. The topological polar surface area (TPSA) is 126 Å². The van der Waals surface area contributed by atoms with Crippen LogP contribution in [-0.2, 0) is 0 Å². The van der Waals surface area contributed by atoms with Gasteiger partial charge in [-0.1, -0.05) is 12.1 Å². The Kier molecular flexibility index (Phi) is 3.78. The minimum Gasteiger partial charge on any atom is -0.507 e. The highest BCUT2D eigenvalue weighted by atomic mass is 16.7. The van der Waals surface area contributed by atoms with Gasteiger partial charge in [-0.25, -0.2) is 15.5 Å². The Morgan fingerprint density at radius 2 is 2.25 bits per heavy atom. The van der Waals surface area contributed by atoms with Crippen LogP contribution in [0.3, 0.4) is 0 Å². The molecule has 0 atom stereocenters. The molecule has 0 aliphatic carbocycles. The fraction of sp³-hybridized carbons (Fsp3) is 0. The Labute approximate surface area is 90.2 Å². The van der Waals surface area contributed by atoms with Gasteiger partial charge in [-0.2, -0.15) is 5.10 Å². The number of aromatic hydroxyl groups is 1. The smallest absolute Gasteiger partial charge is 0.286 e. The molecule has 16 heavy (non-hydrogen) atoms. The van der Waals surface area contributed by atoms with E-state index in [0.717, 1.165) is 0 Å². The highest BCUT2D eigenvalue weighted by Gasteiger charge is 1.97. The number of phenols is 1. The average molecular weight is 223 g/mol. The van der Waals surface area contributed by atoms with Crippen molar-refractivity contribution in [3.63, 3.8) is 0 Å². The molecule has 0 fully saturated rings. The molecule has 1 aromatic carbocycles. The molecule has 0 aliphatic rings. The fourth-order valence-electron chi connectivity index (χ4n) is 0.875. The largest absolute Gasteiger partial charge is 0.507 e. The number of nitrogens with two attached hydrogens (primary N) is 1. The molecular formula is C8H9N5O3. The van der Waals surface area contributed by atoms with Crippen LogP contribution < -0.4 is 11.2 Å². The molecule has 1 rings (SSSR count). The number of benzene rings is 1. The maximum absolute atomic E-state index is 9.90. The lowest BCUT2D eigenvalue weighted by Gasteiger charge is -1.97. The van der Waals surface area contributed by atoms with Gasteiger partial charge in [0.25, 0.3) is 5.96 Å². The summed E-state index contributed by atoms with van der Waals surface area (Å²) in [5.74, 6) is -0.408. The van der Waals surface area contributed by atoms with Crippen LogP contribution >= 0.6 is 0 Å². The van der Waals surface area contributed by atoms with Gasteiger partial charge in [-0.15, -0.1) is 0 Å². The molecule has 0 unspecified atom stereocenters. The predicted molar refractivity (Wildman–Crippen MR) is 57.5 cm³/mol. The second-order valence-electron chi connectivity index (χ2n) is 2.65. The van der Waals surface area contributed by atoms with Crippen LogP contribution in [0, 0.1) is 10.1 Å². The lowest BCUT2D eigenvalue weighted by atomic mass is 10.2. The van der Waals surface area contributed by atoms with Crippen LogP contribution in [0.2, 0.25) is 0 Å². The zero-order valence-corrected chi connectivity index (χ0v) is 8.07. The van der Waals surface area contributed by atoms with E-state index in [-0.39, 0.29) is 5.75 Å². The highest BCUT2D eigenvalue weighted by Crippen LogP contribution is 2.12. The Hall–Kier alpha value is -2.64. The molecule has 8 nitrogen and oxygen atoms in total. The minimum absolute atomic E-state index is 0.0397. The molecule has 84 valence electrons. The predicted octanol–water partition coefficient (Wildman–Crippen LogP) is -0.178. The molecule has 0 bridgehead atoms. The van der Waals surface area contributed by atoms with Gasteiger partial charge in [-0.3, -0.25) is 0 Å². The molecular weight excluding hydrogens is 214 g/mol. The van der Waals surface area contributed by atoms with Crippen molar-refractivity contribution in [3.05, 3.63) is 39.9 Å². The lowest BCUT2D eigenvalue weighted by Crippen LogP contribution is -2.28. The van der Waals surface area contributed by atoms with E-state index < -0.39 is 11.0 Å². The fourth-order valence-corrected chi connectivity index (χ4v) is 0.875. The van der Waals surface area contributed by atoms with E-state index in [2.05, 4.69) is 15.6 Å². The second kappa shape index (κ2) is 5.29. The van der Waals surface area contributed by atoms with E-state index in [1.807, 2.05) is 0 Å². The van der Waals surface area contributed by atoms with E-state index in [9.17, 15) is 15.2 Å². The molecule has 0 amide bonds. The van der Waals surface area contributed by atoms with E-state index in [0.29, 0.717) is 5.56 Å². The van der Waals surface area contributed by atoms with Gasteiger partial charge in [-0.05, 0) is 12.1 Å². The summed E-state index contributed by atoms with van der Waals surface area (Å²) in [7, 11) is 0. The molecule has 0 aromatic heterocycles. The first kappa shape index (κ1) is 11.4. The van der Waals surface area contributed by atoms with Crippen LogP contribution in [0.25, 0.3) is 0 Å². The number of rotatable bonds is 3. The van der Waals surface area contributed by atoms with Crippen LogP contribution in [0.15, 0.2) is 34.5 Å². The average Bonchev–Trinajstić information content (AvgIpc) is 2.19. The zero-order chi connectivity index (χ0) is 12.0. The van der Waals surface area contributed by atoms with Crippen LogP contribution in [0.4, 0.5) is 0 Å². The standard InChI is InChI=1S/C8H9N5O3/c9-8(12-13(15)16)11-10-5-6-3-1-2-4-7(6)14/h1-5,14H,(H3,9,11,12)/b10-5-. The maximum atomic E-state index is 9.90. The summed E-state index contributed by atoms with van der Waals surface area (Å²) in [4.78, 5) is 9.90. The number of nitro groups is 1. The molecule has 1 aromatic rings. The van der Waals surface area contributed by atoms with Crippen molar-refractivity contribution in [2.24, 2.45) is 15.9 Å². The summed E-state index contributed by atoms with van der Waals surface area (Å²) < 4.78 is 0. The van der Waals surface area contributed by atoms with Gasteiger partial charge in [0.1, 0.15) is 10.9 Å². The molecule has 8 heteroatoms. The van der Waals surface area contributed by atoms with E-state index in [1.54, 1.807) is 18.2 Å². The molecule has 0 radical (unpaired) electrons. The molecule has 0 aliphatic heterocycles. The van der Waals surface area contributed by atoms with Crippen molar-refractivity contribution in [2.75, 3.05) is 0 Å². The van der Waals surface area contributed by atoms with Crippen molar-refractivity contribution in [1.82, 2.24) is 5.43 Å². The number of para-hydroxylation sites is 1. The summed E-state index contributed by atoms with van der Waals surface area (Å²) in [5.41, 5.74) is 7.68. The molecule has 0 spiro atoms. The van der Waals surface area contributed by atoms with Crippen molar-refractivity contribution in [3.8, 4) is 5.75 Å². The number of guanidine groups is 1. The summed E-state index contributed by atoms with van der Waals surface area (Å²) in [6, 6.07) is 6.45. The monoisotopic (exact) mass is 223 g/mol. The van der Waals surface area contributed by atoms with Crippen LogP contribution in [0.5, 0.6) is 5.75 Å². The SMILES string of the molecule is N/C(=N\[N+](=O)[O-])N/N=C\c1ccccc1O. The van der Waals surface area contributed by atoms with Gasteiger partial charge >= 0.3 is 0 Å². The normalized spacial score (nSPS) is 11.6. The summed E-state index contributed by atoms with van der Waals surface area (Å²) in [6.45, 7) is 0. The van der Waals surface area contributed by atoms with Crippen molar-refractivity contribution in [1.29, 1.82) is 0 Å². The third kappa shape index (κ3) is 3.62. The van der Waals surface area contributed by atoms with E-state index >= 15 is 0 Å². The maximum Gasteiger partial charge on any atom is 0.286 e. The quantitative estimate of drug-likeness (QED) is 0.283. The van der Waals surface area contributed by atoms with Crippen molar-refractivity contribution < 1.29 is 10.1 Å². The first-order valence-electron chi connectivity index (χ1n) is 4.15. The first-order valence-corrected chi connectivity index (χ1v) is 4.15. The Balaban J connectivity index is 2.62. The van der Waals surface area contributed by atoms with Gasteiger partial charge in [0.05, 0.1) is 6.21 Å². The number of phenolic OH excluding ortho intramolecular Hbond substituents is 1.